The third-order valence-corrected chi connectivity index (χ3v) is 16.6. The van der Waals surface area contributed by atoms with Crippen molar-refractivity contribution in [1.29, 1.82) is 0 Å². The number of amides is 11. The zero-order valence-corrected chi connectivity index (χ0v) is 57.5. The second kappa shape index (κ2) is 36.4. The minimum atomic E-state index is -1.67. The Bertz CT molecular complexity index is 2400. The molecule has 0 radical (unpaired) electrons. The summed E-state index contributed by atoms with van der Waals surface area (Å²) in [7, 11) is 8.35. The van der Waals surface area contributed by atoms with Gasteiger partial charge in [0.2, 0.25) is 65.0 Å². The molecule has 88 heavy (non-hydrogen) atoms. The number of aliphatic hydroxyl groups excluding tert-OH is 2. The lowest BCUT2D eigenvalue weighted by Crippen LogP contribution is -2.64. The number of nitrogens with zero attached hydrogens (tertiary/aromatic N) is 7. The molecule has 25 nitrogen and oxygen atoms in total. The van der Waals surface area contributed by atoms with Gasteiger partial charge in [0.1, 0.15) is 66.5 Å². The first-order valence-electron chi connectivity index (χ1n) is 31.4. The highest BCUT2D eigenvalue weighted by molar-refractivity contribution is 6.00. The molecule has 0 aliphatic carbocycles. The quantitative estimate of drug-likeness (QED) is 0.114. The Labute approximate surface area is 525 Å². The van der Waals surface area contributed by atoms with Crippen LogP contribution in [0.15, 0.2) is 12.2 Å². The Morgan fingerprint density at radius 2 is 0.932 bits per heavy atom. The fraction of sp³-hybridized carbons (Fsp3) is 0.794. The largest absolute Gasteiger partial charge is 0.394 e. The fourth-order valence-electron chi connectivity index (χ4n) is 11.3. The SMILES string of the molecule is C/C=C/[C@@H](C)[C@@H](O)[C@H]1C(=O)N[C@@H](CC)C(=O)N(CC)[C@H](C)C(=O)N(C)C([C@@H](C)OCCO)C(=O)N[C@@H](C(C)C)C(=O)N(C)[C@@H](CC(C)C)C(=O)N[C@@H](C)C(=O)N[C@H](C)C(=O)N(C)[C@@H](CC(C)C)C(=O)N(C)[C@@H](CC(C)C)C(=O)N(C)[C@@H](C(C)C)C(=O)N1C. The molecule has 11 amide bonds. The second-order valence-corrected chi connectivity index (χ2v) is 25.8. The molecule has 6 N–H and O–H groups in total. The summed E-state index contributed by atoms with van der Waals surface area (Å²) in [6.45, 7) is 29.5. The lowest BCUT2D eigenvalue weighted by molar-refractivity contribution is -0.157. The molecule has 25 heteroatoms. The first-order chi connectivity index (χ1) is 40.7. The van der Waals surface area contributed by atoms with Crippen LogP contribution in [0.5, 0.6) is 0 Å². The van der Waals surface area contributed by atoms with Crippen molar-refractivity contribution >= 4 is 65.0 Å². The minimum Gasteiger partial charge on any atom is -0.394 e. The Balaban J connectivity index is 4.45. The summed E-state index contributed by atoms with van der Waals surface area (Å²) >= 11 is 0. The van der Waals surface area contributed by atoms with Crippen LogP contribution in [0.25, 0.3) is 0 Å². The second-order valence-electron chi connectivity index (χ2n) is 25.8. The molecule has 0 aromatic heterocycles. The van der Waals surface area contributed by atoms with Crippen molar-refractivity contribution in [2.45, 2.75) is 229 Å². The number of rotatable bonds is 17. The molecule has 0 bridgehead atoms. The van der Waals surface area contributed by atoms with Crippen molar-refractivity contribution in [2.75, 3.05) is 62.0 Å². The van der Waals surface area contributed by atoms with Gasteiger partial charge in [0, 0.05) is 54.7 Å². The number of likely N-dealkylation sites (N-methyl/N-ethyl adjacent to an activating group) is 7. The van der Waals surface area contributed by atoms with E-state index >= 15 is 9.59 Å². The lowest BCUT2D eigenvalue weighted by Gasteiger charge is -2.41. The molecular formula is C63H113N11O14. The molecule has 504 valence electrons. The van der Waals surface area contributed by atoms with Crippen molar-refractivity contribution in [3.63, 3.8) is 0 Å². The van der Waals surface area contributed by atoms with Gasteiger partial charge in [-0.3, -0.25) is 52.7 Å². The topological polar surface area (TPSA) is 308 Å². The molecule has 14 atom stereocenters. The fourth-order valence-corrected chi connectivity index (χ4v) is 11.3. The number of carbonyl (C=O) groups excluding carboxylic acids is 11. The molecule has 0 spiro atoms. The molecule has 0 aromatic carbocycles. The summed E-state index contributed by atoms with van der Waals surface area (Å²) in [5.74, 6) is -10.5. The zero-order chi connectivity index (χ0) is 68.3. The molecule has 0 saturated carbocycles. The van der Waals surface area contributed by atoms with Gasteiger partial charge >= 0.3 is 0 Å². The summed E-state index contributed by atoms with van der Waals surface area (Å²) < 4.78 is 5.83. The van der Waals surface area contributed by atoms with Crippen LogP contribution in [0.3, 0.4) is 0 Å². The molecule has 1 saturated heterocycles. The molecule has 1 fully saturated rings. The number of allylic oxidation sites excluding steroid dienone is 1. The van der Waals surface area contributed by atoms with E-state index in [0.717, 1.165) is 9.80 Å². The molecule has 1 rings (SSSR count). The van der Waals surface area contributed by atoms with E-state index in [1.165, 1.54) is 94.5 Å². The Hall–Kier alpha value is -6.21. The predicted octanol–water partition coefficient (Wildman–Crippen LogP) is 2.01. The van der Waals surface area contributed by atoms with E-state index in [0.29, 0.717) is 0 Å². The Morgan fingerprint density at radius 3 is 1.39 bits per heavy atom. The van der Waals surface area contributed by atoms with E-state index in [1.807, 2.05) is 41.5 Å². The minimum absolute atomic E-state index is 0.0249. The van der Waals surface area contributed by atoms with Crippen LogP contribution in [-0.2, 0) is 57.5 Å². The van der Waals surface area contributed by atoms with Gasteiger partial charge in [-0.05, 0) is 96.8 Å². The summed E-state index contributed by atoms with van der Waals surface area (Å²) in [5.41, 5.74) is 0. The summed E-state index contributed by atoms with van der Waals surface area (Å²) in [6, 6.07) is -14.4. The zero-order valence-electron chi connectivity index (χ0n) is 57.5. The summed E-state index contributed by atoms with van der Waals surface area (Å²) in [5, 5.41) is 32.7. The van der Waals surface area contributed by atoms with Crippen LogP contribution in [0.1, 0.15) is 150 Å². The van der Waals surface area contributed by atoms with Gasteiger partial charge in [-0.1, -0.05) is 95.2 Å². The first-order valence-corrected chi connectivity index (χ1v) is 31.4. The van der Waals surface area contributed by atoms with Gasteiger partial charge in [-0.15, -0.1) is 0 Å². The number of carbonyl (C=O) groups is 11. The average molecular weight is 1250 g/mol. The maximum atomic E-state index is 15.2. The first kappa shape index (κ1) is 79.8. The molecule has 1 heterocycles. The number of hydrogen-bond donors (Lipinski definition) is 6. The Morgan fingerprint density at radius 1 is 0.489 bits per heavy atom. The molecule has 0 aromatic rings. The van der Waals surface area contributed by atoms with Crippen molar-refractivity contribution < 1.29 is 67.7 Å². The molecule has 1 aliphatic heterocycles. The number of hydrogen-bond acceptors (Lipinski definition) is 14. The van der Waals surface area contributed by atoms with Crippen molar-refractivity contribution in [2.24, 2.45) is 35.5 Å². The van der Waals surface area contributed by atoms with Gasteiger partial charge in [0.15, 0.2) is 0 Å². The maximum absolute atomic E-state index is 15.2. The maximum Gasteiger partial charge on any atom is 0.246 e. The van der Waals surface area contributed by atoms with Crippen LogP contribution < -0.4 is 21.3 Å². The third-order valence-electron chi connectivity index (χ3n) is 16.6. The van der Waals surface area contributed by atoms with Crippen LogP contribution in [0.4, 0.5) is 0 Å². The number of ether oxygens (including phenoxy) is 1. The predicted molar refractivity (Wildman–Crippen MR) is 336 cm³/mol. The van der Waals surface area contributed by atoms with Gasteiger partial charge in [0.05, 0.1) is 25.4 Å². The van der Waals surface area contributed by atoms with Gasteiger partial charge < -0.3 is 70.5 Å². The van der Waals surface area contributed by atoms with E-state index in [4.69, 9.17) is 4.74 Å². The lowest BCUT2D eigenvalue weighted by atomic mass is 9.93. The standard InChI is InChI=1S/C63H113N11O14/c1-25-28-39(14)52(76)51-56(80)66-44(26-2)59(83)74(27-3)42(17)58(82)72(23)50(43(18)88-30-29-75)55(79)67-48(37(10)11)62(86)68(19)45(31-34(4)5)54(78)64-40(15)53(77)65-41(16)57(81)69(20)46(32-35(6)7)60(84)70(21)47(33-36(8)9)61(85)71(22)49(38(12)13)63(87)73(51)24/h25,28,34-52,75-76H,26-27,29-33H2,1-24H3,(H,64,78)(H,65,77)(H,66,80)(H,67,79)/b28-25+/t39-,40+,41-,42-,43-,44+,45+,46+,47+,48+,49+,50?,51+,52-/m1/s1. The van der Waals surface area contributed by atoms with E-state index in [1.54, 1.807) is 67.5 Å². The van der Waals surface area contributed by atoms with E-state index in [9.17, 15) is 53.4 Å². The van der Waals surface area contributed by atoms with Crippen LogP contribution >= 0.6 is 0 Å². The Kier molecular flexibility index (Phi) is 33.1. The monoisotopic (exact) mass is 1250 g/mol. The highest BCUT2D eigenvalue weighted by Crippen LogP contribution is 2.25. The van der Waals surface area contributed by atoms with Crippen molar-refractivity contribution in [1.82, 2.24) is 55.6 Å². The van der Waals surface area contributed by atoms with Crippen molar-refractivity contribution in [3.05, 3.63) is 12.2 Å². The van der Waals surface area contributed by atoms with E-state index < -0.39 is 168 Å². The van der Waals surface area contributed by atoms with E-state index in [2.05, 4.69) is 21.3 Å². The van der Waals surface area contributed by atoms with Crippen LogP contribution in [-0.4, -0.2) is 250 Å². The third kappa shape index (κ3) is 21.2. The molecule has 1 unspecified atom stereocenters. The average Bonchev–Trinajstić information content (AvgIpc) is 3.24. The van der Waals surface area contributed by atoms with Crippen molar-refractivity contribution in [3.8, 4) is 0 Å². The summed E-state index contributed by atoms with van der Waals surface area (Å²) in [6.07, 6.45) is 0.988. The number of aliphatic hydroxyl groups is 2. The highest BCUT2D eigenvalue weighted by atomic mass is 16.5. The molecule has 1 aliphatic rings. The van der Waals surface area contributed by atoms with E-state index in [-0.39, 0.29) is 56.6 Å². The van der Waals surface area contributed by atoms with Gasteiger partial charge in [-0.25, -0.2) is 0 Å². The normalized spacial score (nSPS) is 27.6. The van der Waals surface area contributed by atoms with Crippen LogP contribution in [0.2, 0.25) is 0 Å². The smallest absolute Gasteiger partial charge is 0.246 e. The summed E-state index contributed by atoms with van der Waals surface area (Å²) in [4.78, 5) is 170. The van der Waals surface area contributed by atoms with Crippen LogP contribution in [0, 0.1) is 35.5 Å². The van der Waals surface area contributed by atoms with Gasteiger partial charge in [0.25, 0.3) is 0 Å². The number of nitrogens with one attached hydrogen (secondary N) is 4. The highest BCUT2D eigenvalue weighted by Gasteiger charge is 2.46. The van der Waals surface area contributed by atoms with Gasteiger partial charge in [-0.2, -0.15) is 0 Å². The molecular weight excluding hydrogens is 1130 g/mol.